The summed E-state index contributed by atoms with van der Waals surface area (Å²) in [7, 11) is 1.81. The number of carbonyl (C=O) groups is 1. The number of rotatable bonds is 4. The Morgan fingerprint density at radius 1 is 1.80 bits per heavy atom. The van der Waals surface area contributed by atoms with Crippen LogP contribution in [0.1, 0.15) is 13.3 Å². The van der Waals surface area contributed by atoms with Crippen molar-refractivity contribution in [2.24, 2.45) is 0 Å². The van der Waals surface area contributed by atoms with Gasteiger partial charge in [-0.3, -0.25) is 9.69 Å². The zero-order valence-corrected chi connectivity index (χ0v) is 8.33. The van der Waals surface area contributed by atoms with E-state index in [1.807, 2.05) is 18.9 Å². The maximum atomic E-state index is 10.2. The molecule has 1 unspecified atom stereocenters. The second-order valence-corrected chi connectivity index (χ2v) is 3.59. The highest BCUT2D eigenvalue weighted by Gasteiger charge is 2.10. The summed E-state index contributed by atoms with van der Waals surface area (Å²) < 4.78 is 0.327. The van der Waals surface area contributed by atoms with E-state index in [0.29, 0.717) is 4.05 Å². The van der Waals surface area contributed by atoms with Gasteiger partial charge in [-0.05, 0) is 13.5 Å². The second-order valence-electron chi connectivity index (χ2n) is 2.15. The molecule has 0 saturated carbocycles. The molecular formula is C6H12INO2. The predicted octanol–water partition coefficient (Wildman–Crippen LogP) is 1.17. The number of nitrogens with zero attached hydrogens (tertiary/aromatic N) is 1. The monoisotopic (exact) mass is 257 g/mol. The molecule has 0 aliphatic heterocycles. The number of halogens is 1. The molecule has 0 aromatic heterocycles. The lowest BCUT2D eigenvalue weighted by atomic mass is 10.4. The summed E-state index contributed by atoms with van der Waals surface area (Å²) in [5.41, 5.74) is 0. The first kappa shape index (κ1) is 10.2. The molecule has 0 aromatic carbocycles. The van der Waals surface area contributed by atoms with Crippen LogP contribution in [-0.2, 0) is 4.79 Å². The van der Waals surface area contributed by atoms with Crippen molar-refractivity contribution in [3.63, 3.8) is 0 Å². The summed E-state index contributed by atoms with van der Waals surface area (Å²) >= 11 is 2.23. The van der Waals surface area contributed by atoms with Crippen LogP contribution in [-0.4, -0.2) is 33.6 Å². The molecule has 1 N–H and O–H groups in total. The van der Waals surface area contributed by atoms with Gasteiger partial charge in [-0.2, -0.15) is 0 Å². The highest BCUT2D eigenvalue weighted by Crippen LogP contribution is 2.08. The summed E-state index contributed by atoms with van der Waals surface area (Å²) in [5.74, 6) is -0.766. The molecular weight excluding hydrogens is 245 g/mol. The summed E-state index contributed by atoms with van der Waals surface area (Å²) in [4.78, 5) is 12.0. The van der Waals surface area contributed by atoms with Crippen molar-refractivity contribution in [3.8, 4) is 0 Å². The third-order valence-corrected chi connectivity index (χ3v) is 3.03. The number of hydrogen-bond acceptors (Lipinski definition) is 2. The van der Waals surface area contributed by atoms with Crippen LogP contribution in [0.15, 0.2) is 0 Å². The molecule has 0 aliphatic carbocycles. The summed E-state index contributed by atoms with van der Waals surface area (Å²) in [6.07, 6.45) is 0.977. The molecule has 0 rings (SSSR count). The molecule has 3 nitrogen and oxygen atoms in total. The van der Waals surface area contributed by atoms with Crippen molar-refractivity contribution in [1.82, 2.24) is 4.90 Å². The molecule has 0 heterocycles. The first-order valence-electron chi connectivity index (χ1n) is 3.14. The molecule has 60 valence electrons. The summed E-state index contributed by atoms with van der Waals surface area (Å²) in [6, 6.07) is 0. The largest absolute Gasteiger partial charge is 0.480 e. The number of alkyl halides is 1. The molecule has 0 spiro atoms. The average Bonchev–Trinajstić information content (AvgIpc) is 1.85. The molecule has 1 atom stereocenters. The van der Waals surface area contributed by atoms with Crippen LogP contribution in [0.25, 0.3) is 0 Å². The molecule has 0 aromatic rings. The minimum Gasteiger partial charge on any atom is -0.480 e. The van der Waals surface area contributed by atoms with E-state index in [9.17, 15) is 4.79 Å². The van der Waals surface area contributed by atoms with Gasteiger partial charge in [-0.15, -0.1) is 0 Å². The lowest BCUT2D eigenvalue weighted by molar-refractivity contribution is -0.138. The van der Waals surface area contributed by atoms with E-state index < -0.39 is 5.97 Å². The standard InChI is InChI=1S/C6H12INO2/c1-3-5(7)8(2)4-6(9)10/h5H,3-4H2,1-2H3,(H,9,10). The van der Waals surface area contributed by atoms with Crippen molar-refractivity contribution in [1.29, 1.82) is 0 Å². The number of likely N-dealkylation sites (N-methyl/N-ethyl adjacent to an activating group) is 1. The SMILES string of the molecule is CCC(I)N(C)CC(=O)O. The van der Waals surface area contributed by atoms with Crippen LogP contribution in [0, 0.1) is 0 Å². The first-order chi connectivity index (χ1) is 4.57. The number of hydrogen-bond donors (Lipinski definition) is 1. The topological polar surface area (TPSA) is 40.5 Å². The Bertz CT molecular complexity index is 118. The van der Waals surface area contributed by atoms with Crippen LogP contribution in [0.2, 0.25) is 0 Å². The Morgan fingerprint density at radius 2 is 2.30 bits per heavy atom. The Morgan fingerprint density at radius 3 is 2.60 bits per heavy atom. The van der Waals surface area contributed by atoms with Crippen molar-refractivity contribution in [2.45, 2.75) is 17.4 Å². The van der Waals surface area contributed by atoms with E-state index in [1.54, 1.807) is 0 Å². The van der Waals surface area contributed by atoms with Gasteiger partial charge in [-0.1, -0.05) is 29.5 Å². The quantitative estimate of drug-likeness (QED) is 0.467. The molecule has 0 radical (unpaired) electrons. The van der Waals surface area contributed by atoms with Crippen molar-refractivity contribution < 1.29 is 9.90 Å². The van der Waals surface area contributed by atoms with Gasteiger partial charge in [0.2, 0.25) is 0 Å². The van der Waals surface area contributed by atoms with E-state index in [4.69, 9.17) is 5.11 Å². The maximum Gasteiger partial charge on any atom is 0.317 e. The Labute approximate surface area is 74.5 Å². The van der Waals surface area contributed by atoms with Gasteiger partial charge >= 0.3 is 5.97 Å². The van der Waals surface area contributed by atoms with Crippen molar-refractivity contribution >= 4 is 28.6 Å². The molecule has 0 aliphatic rings. The minimum atomic E-state index is -0.766. The van der Waals surface area contributed by atoms with Crippen LogP contribution >= 0.6 is 22.6 Å². The maximum absolute atomic E-state index is 10.2. The van der Waals surface area contributed by atoms with E-state index in [0.717, 1.165) is 6.42 Å². The highest BCUT2D eigenvalue weighted by atomic mass is 127. The van der Waals surface area contributed by atoms with Crippen LogP contribution < -0.4 is 0 Å². The smallest absolute Gasteiger partial charge is 0.317 e. The van der Waals surface area contributed by atoms with E-state index in [-0.39, 0.29) is 6.54 Å². The summed E-state index contributed by atoms with van der Waals surface area (Å²) in [6.45, 7) is 2.16. The number of carboxylic acids is 1. The Kier molecular flexibility index (Phi) is 4.98. The number of carboxylic acid groups (broad SMARTS) is 1. The third kappa shape index (κ3) is 4.05. The molecule has 0 bridgehead atoms. The van der Waals surface area contributed by atoms with Crippen molar-refractivity contribution in [2.75, 3.05) is 13.6 Å². The molecule has 0 saturated heterocycles. The second kappa shape index (κ2) is 4.90. The van der Waals surface area contributed by atoms with Gasteiger partial charge in [0.25, 0.3) is 0 Å². The van der Waals surface area contributed by atoms with Gasteiger partial charge in [0.05, 0.1) is 10.6 Å². The first-order valence-corrected chi connectivity index (χ1v) is 4.38. The van der Waals surface area contributed by atoms with Gasteiger partial charge in [0, 0.05) is 0 Å². The third-order valence-electron chi connectivity index (χ3n) is 1.20. The van der Waals surface area contributed by atoms with E-state index in [2.05, 4.69) is 22.6 Å². The average molecular weight is 257 g/mol. The molecule has 0 fully saturated rings. The van der Waals surface area contributed by atoms with Crippen LogP contribution in [0.5, 0.6) is 0 Å². The van der Waals surface area contributed by atoms with Crippen LogP contribution in [0.3, 0.4) is 0 Å². The number of aliphatic carboxylic acids is 1. The fourth-order valence-corrected chi connectivity index (χ4v) is 0.821. The van der Waals surface area contributed by atoms with Gasteiger partial charge in [0.15, 0.2) is 0 Å². The molecule has 10 heavy (non-hydrogen) atoms. The van der Waals surface area contributed by atoms with Gasteiger partial charge in [0.1, 0.15) is 0 Å². The lowest BCUT2D eigenvalue weighted by Gasteiger charge is -2.18. The fourth-order valence-electron chi connectivity index (χ4n) is 0.624. The molecule has 0 amide bonds. The Balaban J connectivity index is 3.61. The predicted molar refractivity (Wildman–Crippen MR) is 48.4 cm³/mol. The minimum absolute atomic E-state index is 0.126. The lowest BCUT2D eigenvalue weighted by Crippen LogP contribution is -2.31. The normalized spacial score (nSPS) is 13.6. The van der Waals surface area contributed by atoms with E-state index >= 15 is 0 Å². The highest BCUT2D eigenvalue weighted by molar-refractivity contribution is 14.1. The van der Waals surface area contributed by atoms with E-state index in [1.165, 1.54) is 0 Å². The van der Waals surface area contributed by atoms with Crippen molar-refractivity contribution in [3.05, 3.63) is 0 Å². The zero-order chi connectivity index (χ0) is 8.15. The fraction of sp³-hybridized carbons (Fsp3) is 0.833. The Hall–Kier alpha value is 0.160. The van der Waals surface area contributed by atoms with Crippen LogP contribution in [0.4, 0.5) is 0 Å². The van der Waals surface area contributed by atoms with Gasteiger partial charge < -0.3 is 5.11 Å². The molecule has 4 heteroatoms. The zero-order valence-electron chi connectivity index (χ0n) is 6.17. The van der Waals surface area contributed by atoms with Gasteiger partial charge in [-0.25, -0.2) is 0 Å². The summed E-state index contributed by atoms with van der Waals surface area (Å²) in [5, 5.41) is 8.38.